The molecule has 2 amide bonds. The fourth-order valence-electron chi connectivity index (χ4n) is 3.60. The van der Waals surface area contributed by atoms with Crippen LogP contribution in [-0.2, 0) is 11.2 Å². The van der Waals surface area contributed by atoms with E-state index >= 15 is 0 Å². The number of amides is 2. The Bertz CT molecular complexity index is 789. The van der Waals surface area contributed by atoms with Crippen molar-refractivity contribution in [2.75, 3.05) is 19.6 Å². The van der Waals surface area contributed by atoms with E-state index in [4.69, 9.17) is 0 Å². The first-order chi connectivity index (χ1) is 13.6. The number of hydrogen-bond donors (Lipinski definition) is 2. The summed E-state index contributed by atoms with van der Waals surface area (Å²) in [6, 6.07) is 17.4. The largest absolute Gasteiger partial charge is 0.349 e. The van der Waals surface area contributed by atoms with Crippen molar-refractivity contribution in [1.82, 2.24) is 15.5 Å². The summed E-state index contributed by atoms with van der Waals surface area (Å²) in [4.78, 5) is 27.2. The standard InChI is InChI=1S/C23H29N3O2/c1-3-18-9-11-19(12-10-18)21-16-24-13-14-26(21)22(27)15-17(2)25-23(28)20-7-5-4-6-8-20/h4-12,17,21,24H,3,13-16H2,1-2H3,(H,25,28). The number of carbonyl (C=O) groups excluding carboxylic acids is 2. The molecule has 2 N–H and O–H groups in total. The minimum atomic E-state index is -0.224. The summed E-state index contributed by atoms with van der Waals surface area (Å²) in [5.41, 5.74) is 3.05. The average Bonchev–Trinajstić information content (AvgIpc) is 2.74. The van der Waals surface area contributed by atoms with Gasteiger partial charge in [-0.1, -0.05) is 49.4 Å². The maximum Gasteiger partial charge on any atom is 0.251 e. The van der Waals surface area contributed by atoms with Crippen LogP contribution >= 0.6 is 0 Å². The second-order valence-corrected chi connectivity index (χ2v) is 7.35. The second-order valence-electron chi connectivity index (χ2n) is 7.35. The molecule has 2 aromatic rings. The molecule has 0 saturated carbocycles. The van der Waals surface area contributed by atoms with Gasteiger partial charge in [-0.15, -0.1) is 0 Å². The van der Waals surface area contributed by atoms with Crippen LogP contribution in [0.25, 0.3) is 0 Å². The summed E-state index contributed by atoms with van der Waals surface area (Å²) in [5, 5.41) is 6.32. The van der Waals surface area contributed by atoms with Crippen LogP contribution in [0.4, 0.5) is 0 Å². The van der Waals surface area contributed by atoms with E-state index < -0.39 is 0 Å². The highest BCUT2D eigenvalue weighted by molar-refractivity contribution is 5.94. The smallest absolute Gasteiger partial charge is 0.251 e. The third-order valence-corrected chi connectivity index (χ3v) is 5.23. The topological polar surface area (TPSA) is 61.4 Å². The average molecular weight is 380 g/mol. The Labute approximate surface area is 167 Å². The lowest BCUT2D eigenvalue weighted by molar-refractivity contribution is -0.134. The fraction of sp³-hybridized carbons (Fsp3) is 0.391. The number of carbonyl (C=O) groups is 2. The lowest BCUT2D eigenvalue weighted by atomic mass is 10.00. The molecule has 1 fully saturated rings. The molecular formula is C23H29N3O2. The zero-order valence-corrected chi connectivity index (χ0v) is 16.7. The molecule has 0 spiro atoms. The molecule has 3 rings (SSSR count). The molecule has 2 atom stereocenters. The Kier molecular flexibility index (Phi) is 6.82. The Morgan fingerprint density at radius 1 is 1.14 bits per heavy atom. The normalized spacial score (nSPS) is 17.8. The van der Waals surface area contributed by atoms with E-state index in [1.807, 2.05) is 30.0 Å². The molecule has 1 heterocycles. The second kappa shape index (κ2) is 9.51. The van der Waals surface area contributed by atoms with E-state index in [9.17, 15) is 9.59 Å². The van der Waals surface area contributed by atoms with Crippen molar-refractivity contribution < 1.29 is 9.59 Å². The molecule has 28 heavy (non-hydrogen) atoms. The van der Waals surface area contributed by atoms with Crippen LogP contribution in [0.1, 0.15) is 47.8 Å². The summed E-state index contributed by atoms with van der Waals surface area (Å²) < 4.78 is 0. The van der Waals surface area contributed by atoms with E-state index in [0.717, 1.165) is 25.1 Å². The van der Waals surface area contributed by atoms with Crippen molar-refractivity contribution in [3.05, 3.63) is 71.3 Å². The minimum Gasteiger partial charge on any atom is -0.349 e. The van der Waals surface area contributed by atoms with Gasteiger partial charge in [-0.05, 0) is 36.6 Å². The Morgan fingerprint density at radius 3 is 2.54 bits per heavy atom. The summed E-state index contributed by atoms with van der Waals surface area (Å²) >= 11 is 0. The van der Waals surface area contributed by atoms with E-state index in [-0.39, 0.29) is 23.9 Å². The van der Waals surface area contributed by atoms with Crippen LogP contribution in [0, 0.1) is 0 Å². The van der Waals surface area contributed by atoms with Gasteiger partial charge in [0.1, 0.15) is 0 Å². The summed E-state index contributed by atoms with van der Waals surface area (Å²) in [5.74, 6) is -0.0696. The lowest BCUT2D eigenvalue weighted by Crippen LogP contribution is -2.50. The van der Waals surface area contributed by atoms with Gasteiger partial charge in [-0.2, -0.15) is 0 Å². The maximum absolute atomic E-state index is 13.0. The van der Waals surface area contributed by atoms with Gasteiger partial charge >= 0.3 is 0 Å². The van der Waals surface area contributed by atoms with Crippen molar-refractivity contribution in [3.63, 3.8) is 0 Å². The molecule has 148 valence electrons. The van der Waals surface area contributed by atoms with Gasteiger partial charge in [-0.3, -0.25) is 9.59 Å². The van der Waals surface area contributed by atoms with Gasteiger partial charge in [0.25, 0.3) is 5.91 Å². The molecule has 5 nitrogen and oxygen atoms in total. The van der Waals surface area contributed by atoms with E-state index in [1.165, 1.54) is 5.56 Å². The molecule has 1 aliphatic rings. The third-order valence-electron chi connectivity index (χ3n) is 5.23. The van der Waals surface area contributed by atoms with Crippen molar-refractivity contribution in [2.45, 2.75) is 38.8 Å². The predicted octanol–water partition coefficient (Wildman–Crippen LogP) is 2.93. The van der Waals surface area contributed by atoms with Crippen LogP contribution in [0.2, 0.25) is 0 Å². The Balaban J connectivity index is 1.62. The van der Waals surface area contributed by atoms with Crippen LogP contribution < -0.4 is 10.6 Å². The molecule has 0 radical (unpaired) electrons. The van der Waals surface area contributed by atoms with Crippen LogP contribution in [0.5, 0.6) is 0 Å². The Hall–Kier alpha value is -2.66. The van der Waals surface area contributed by atoms with Crippen LogP contribution in [0.15, 0.2) is 54.6 Å². The van der Waals surface area contributed by atoms with Gasteiger partial charge < -0.3 is 15.5 Å². The molecule has 2 aromatic carbocycles. The van der Waals surface area contributed by atoms with Gasteiger partial charge in [0, 0.05) is 37.7 Å². The first-order valence-electron chi connectivity index (χ1n) is 10.0. The maximum atomic E-state index is 13.0. The minimum absolute atomic E-state index is 0.0316. The van der Waals surface area contributed by atoms with Gasteiger partial charge in [0.05, 0.1) is 6.04 Å². The highest BCUT2D eigenvalue weighted by Crippen LogP contribution is 2.24. The number of rotatable bonds is 6. The molecule has 0 bridgehead atoms. The lowest BCUT2D eigenvalue weighted by Gasteiger charge is -2.37. The van der Waals surface area contributed by atoms with Crippen molar-refractivity contribution in [3.8, 4) is 0 Å². The number of piperazine rings is 1. The zero-order valence-electron chi connectivity index (χ0n) is 16.7. The van der Waals surface area contributed by atoms with Crippen molar-refractivity contribution in [1.29, 1.82) is 0 Å². The van der Waals surface area contributed by atoms with Crippen LogP contribution in [0.3, 0.4) is 0 Å². The molecule has 5 heteroatoms. The predicted molar refractivity (Wildman–Crippen MR) is 111 cm³/mol. The zero-order chi connectivity index (χ0) is 19.9. The molecule has 1 aliphatic heterocycles. The van der Waals surface area contributed by atoms with E-state index in [0.29, 0.717) is 18.5 Å². The van der Waals surface area contributed by atoms with Crippen molar-refractivity contribution >= 4 is 11.8 Å². The fourth-order valence-corrected chi connectivity index (χ4v) is 3.60. The highest BCUT2D eigenvalue weighted by atomic mass is 16.2. The SMILES string of the molecule is CCc1ccc(C2CNCCN2C(=O)CC(C)NC(=O)c2ccccc2)cc1. The first-order valence-corrected chi connectivity index (χ1v) is 10.0. The first kappa shape index (κ1) is 20.1. The van der Waals surface area contributed by atoms with Gasteiger partial charge in [-0.25, -0.2) is 0 Å². The molecule has 0 aliphatic carbocycles. The number of hydrogen-bond acceptors (Lipinski definition) is 3. The third kappa shape index (κ3) is 4.98. The number of nitrogens with zero attached hydrogens (tertiary/aromatic N) is 1. The van der Waals surface area contributed by atoms with Crippen LogP contribution in [-0.4, -0.2) is 42.4 Å². The molecule has 0 aromatic heterocycles. The van der Waals surface area contributed by atoms with Gasteiger partial charge in [0.2, 0.25) is 5.91 Å². The van der Waals surface area contributed by atoms with E-state index in [2.05, 4.69) is 41.8 Å². The number of nitrogens with one attached hydrogen (secondary N) is 2. The number of benzene rings is 2. The number of aryl methyl sites for hydroxylation is 1. The molecule has 1 saturated heterocycles. The monoisotopic (exact) mass is 379 g/mol. The summed E-state index contributed by atoms with van der Waals surface area (Å²) in [7, 11) is 0. The van der Waals surface area contributed by atoms with E-state index in [1.54, 1.807) is 12.1 Å². The van der Waals surface area contributed by atoms with Crippen molar-refractivity contribution in [2.24, 2.45) is 0 Å². The summed E-state index contributed by atoms with van der Waals surface area (Å²) in [6.45, 7) is 6.24. The molecular weight excluding hydrogens is 350 g/mol. The van der Waals surface area contributed by atoms with Gasteiger partial charge in [0.15, 0.2) is 0 Å². The quantitative estimate of drug-likeness (QED) is 0.811. The highest BCUT2D eigenvalue weighted by Gasteiger charge is 2.28. The summed E-state index contributed by atoms with van der Waals surface area (Å²) in [6.07, 6.45) is 1.30. The molecule has 2 unspecified atom stereocenters. The Morgan fingerprint density at radius 2 is 1.86 bits per heavy atom.